The van der Waals surface area contributed by atoms with Crippen molar-refractivity contribution in [3.8, 4) is 0 Å². The van der Waals surface area contributed by atoms with Crippen LogP contribution in [0.4, 0.5) is 0 Å². The number of hydrogen-bond donors (Lipinski definition) is 1. The van der Waals surface area contributed by atoms with Crippen molar-refractivity contribution in [2.45, 2.75) is 38.1 Å². The van der Waals surface area contributed by atoms with Gasteiger partial charge < -0.3 is 4.90 Å². The Balaban J connectivity index is 2.66. The van der Waals surface area contributed by atoms with Crippen LogP contribution in [-0.2, 0) is 11.2 Å². The number of amides is 1. The van der Waals surface area contributed by atoms with Gasteiger partial charge in [0.1, 0.15) is 0 Å². The van der Waals surface area contributed by atoms with Crippen molar-refractivity contribution in [1.82, 2.24) is 4.90 Å². The average molecular weight is 237 g/mol. The standard InChI is InChI=1S/C13H19NOS/c1-4-14(10(2)3)13(15)9-11-5-7-12(16)8-6-11/h5-8,10,16H,4,9H2,1-3H3. The summed E-state index contributed by atoms with van der Waals surface area (Å²) in [6, 6.07) is 8.00. The lowest BCUT2D eigenvalue weighted by Crippen LogP contribution is -2.37. The maximum Gasteiger partial charge on any atom is 0.227 e. The van der Waals surface area contributed by atoms with Crippen molar-refractivity contribution in [2.75, 3.05) is 6.54 Å². The van der Waals surface area contributed by atoms with E-state index in [9.17, 15) is 4.79 Å². The smallest absolute Gasteiger partial charge is 0.227 e. The second-order valence-electron chi connectivity index (χ2n) is 4.12. The molecule has 0 fully saturated rings. The van der Waals surface area contributed by atoms with Crippen molar-refractivity contribution in [2.24, 2.45) is 0 Å². The summed E-state index contributed by atoms with van der Waals surface area (Å²) in [7, 11) is 0. The summed E-state index contributed by atoms with van der Waals surface area (Å²) >= 11 is 4.22. The Morgan fingerprint density at radius 1 is 1.31 bits per heavy atom. The Labute approximate surface area is 103 Å². The lowest BCUT2D eigenvalue weighted by atomic mass is 10.1. The van der Waals surface area contributed by atoms with E-state index in [-0.39, 0.29) is 11.9 Å². The highest BCUT2D eigenvalue weighted by atomic mass is 32.1. The molecule has 0 spiro atoms. The molecule has 0 aliphatic heterocycles. The third-order valence-corrected chi connectivity index (χ3v) is 2.87. The third-order valence-electron chi connectivity index (χ3n) is 2.58. The third kappa shape index (κ3) is 3.56. The Hall–Kier alpha value is -0.960. The van der Waals surface area contributed by atoms with Crippen molar-refractivity contribution >= 4 is 18.5 Å². The Morgan fingerprint density at radius 3 is 2.31 bits per heavy atom. The highest BCUT2D eigenvalue weighted by Crippen LogP contribution is 2.10. The van der Waals surface area contributed by atoms with E-state index in [2.05, 4.69) is 12.6 Å². The Bertz CT molecular complexity index is 345. The maximum absolute atomic E-state index is 12.0. The Morgan fingerprint density at radius 2 is 1.88 bits per heavy atom. The zero-order valence-electron chi connectivity index (χ0n) is 10.1. The second kappa shape index (κ2) is 5.94. The van der Waals surface area contributed by atoms with E-state index < -0.39 is 0 Å². The first-order valence-electron chi connectivity index (χ1n) is 5.62. The number of thiol groups is 1. The van der Waals surface area contributed by atoms with Gasteiger partial charge in [-0.2, -0.15) is 0 Å². The summed E-state index contributed by atoms with van der Waals surface area (Å²) in [4.78, 5) is 14.8. The van der Waals surface area contributed by atoms with E-state index in [1.807, 2.05) is 49.9 Å². The lowest BCUT2D eigenvalue weighted by molar-refractivity contribution is -0.131. The van der Waals surface area contributed by atoms with Gasteiger partial charge >= 0.3 is 0 Å². The van der Waals surface area contributed by atoms with Crippen LogP contribution in [0.25, 0.3) is 0 Å². The summed E-state index contributed by atoms with van der Waals surface area (Å²) < 4.78 is 0. The SMILES string of the molecule is CCN(C(=O)Cc1ccc(S)cc1)C(C)C. The number of rotatable bonds is 4. The molecular formula is C13H19NOS. The molecular weight excluding hydrogens is 218 g/mol. The van der Waals surface area contributed by atoms with Crippen LogP contribution >= 0.6 is 12.6 Å². The van der Waals surface area contributed by atoms with Crippen LogP contribution in [0.3, 0.4) is 0 Å². The summed E-state index contributed by atoms with van der Waals surface area (Å²) in [6.45, 7) is 6.85. The van der Waals surface area contributed by atoms with Crippen LogP contribution in [0.15, 0.2) is 29.2 Å². The molecule has 0 heterocycles. The summed E-state index contributed by atoms with van der Waals surface area (Å²) in [5.74, 6) is 0.185. The minimum Gasteiger partial charge on any atom is -0.340 e. The molecule has 0 bridgehead atoms. The molecule has 1 aromatic carbocycles. The van der Waals surface area contributed by atoms with E-state index in [0.29, 0.717) is 6.42 Å². The van der Waals surface area contributed by atoms with Gasteiger partial charge in [0.2, 0.25) is 5.91 Å². The first-order chi connectivity index (χ1) is 7.54. The van der Waals surface area contributed by atoms with Crippen LogP contribution in [0.1, 0.15) is 26.3 Å². The van der Waals surface area contributed by atoms with Gasteiger partial charge in [0, 0.05) is 17.5 Å². The Kier molecular flexibility index (Phi) is 4.87. The highest BCUT2D eigenvalue weighted by Gasteiger charge is 2.14. The quantitative estimate of drug-likeness (QED) is 0.798. The van der Waals surface area contributed by atoms with Gasteiger partial charge in [-0.3, -0.25) is 4.79 Å². The van der Waals surface area contributed by atoms with Gasteiger partial charge in [-0.15, -0.1) is 12.6 Å². The van der Waals surface area contributed by atoms with Gasteiger partial charge in [-0.1, -0.05) is 12.1 Å². The molecule has 0 aliphatic carbocycles. The molecule has 0 aliphatic rings. The fourth-order valence-corrected chi connectivity index (χ4v) is 1.87. The van der Waals surface area contributed by atoms with Gasteiger partial charge in [0.25, 0.3) is 0 Å². The van der Waals surface area contributed by atoms with Gasteiger partial charge in [0.05, 0.1) is 6.42 Å². The number of benzene rings is 1. The lowest BCUT2D eigenvalue weighted by Gasteiger charge is -2.25. The van der Waals surface area contributed by atoms with Crippen molar-refractivity contribution in [3.63, 3.8) is 0 Å². The topological polar surface area (TPSA) is 20.3 Å². The average Bonchev–Trinajstić information content (AvgIpc) is 2.22. The first-order valence-corrected chi connectivity index (χ1v) is 6.06. The fourth-order valence-electron chi connectivity index (χ4n) is 1.72. The molecule has 0 N–H and O–H groups in total. The van der Waals surface area contributed by atoms with Crippen LogP contribution in [0.5, 0.6) is 0 Å². The van der Waals surface area contributed by atoms with Crippen LogP contribution < -0.4 is 0 Å². The summed E-state index contributed by atoms with van der Waals surface area (Å²) in [5, 5.41) is 0. The molecule has 88 valence electrons. The molecule has 3 heteroatoms. The molecule has 0 unspecified atom stereocenters. The zero-order chi connectivity index (χ0) is 12.1. The molecule has 0 aromatic heterocycles. The predicted molar refractivity (Wildman–Crippen MR) is 69.9 cm³/mol. The molecule has 0 saturated heterocycles. The number of nitrogens with zero attached hydrogens (tertiary/aromatic N) is 1. The predicted octanol–water partition coefficient (Wildman–Crippen LogP) is 2.77. The molecule has 16 heavy (non-hydrogen) atoms. The zero-order valence-corrected chi connectivity index (χ0v) is 11.0. The molecule has 1 aromatic rings. The van der Waals surface area contributed by atoms with Gasteiger partial charge in [-0.05, 0) is 38.5 Å². The second-order valence-corrected chi connectivity index (χ2v) is 4.63. The van der Waals surface area contributed by atoms with Crippen LogP contribution in [0, 0.1) is 0 Å². The van der Waals surface area contributed by atoms with E-state index in [1.54, 1.807) is 0 Å². The number of carbonyl (C=O) groups is 1. The highest BCUT2D eigenvalue weighted by molar-refractivity contribution is 7.80. The monoisotopic (exact) mass is 237 g/mol. The molecule has 1 amide bonds. The minimum atomic E-state index is 0.185. The summed E-state index contributed by atoms with van der Waals surface area (Å²) in [6.07, 6.45) is 0.472. The minimum absolute atomic E-state index is 0.185. The van der Waals surface area contributed by atoms with Crippen LogP contribution in [0.2, 0.25) is 0 Å². The van der Waals surface area contributed by atoms with E-state index in [1.165, 1.54) is 0 Å². The fraction of sp³-hybridized carbons (Fsp3) is 0.462. The van der Waals surface area contributed by atoms with Crippen molar-refractivity contribution < 1.29 is 4.79 Å². The van der Waals surface area contributed by atoms with Gasteiger partial charge in [0.15, 0.2) is 0 Å². The van der Waals surface area contributed by atoms with E-state index >= 15 is 0 Å². The maximum atomic E-state index is 12.0. The summed E-state index contributed by atoms with van der Waals surface area (Å²) in [5.41, 5.74) is 1.04. The van der Waals surface area contributed by atoms with Gasteiger partial charge in [-0.25, -0.2) is 0 Å². The number of carbonyl (C=O) groups excluding carboxylic acids is 1. The molecule has 0 radical (unpaired) electrons. The number of likely N-dealkylation sites (N-methyl/N-ethyl adjacent to an activating group) is 1. The number of hydrogen-bond acceptors (Lipinski definition) is 2. The van der Waals surface area contributed by atoms with Crippen LogP contribution in [-0.4, -0.2) is 23.4 Å². The van der Waals surface area contributed by atoms with Crippen molar-refractivity contribution in [3.05, 3.63) is 29.8 Å². The van der Waals surface area contributed by atoms with E-state index in [4.69, 9.17) is 0 Å². The van der Waals surface area contributed by atoms with Crippen molar-refractivity contribution in [1.29, 1.82) is 0 Å². The molecule has 0 atom stereocenters. The largest absolute Gasteiger partial charge is 0.340 e. The molecule has 0 saturated carbocycles. The molecule has 2 nitrogen and oxygen atoms in total. The normalized spacial score (nSPS) is 10.6. The molecule has 1 rings (SSSR count). The van der Waals surface area contributed by atoms with E-state index in [0.717, 1.165) is 17.0 Å². The first kappa shape index (κ1) is 13.1.